The van der Waals surface area contributed by atoms with Gasteiger partial charge in [-0.15, -0.1) is 0 Å². The number of aromatic nitrogens is 1. The lowest BCUT2D eigenvalue weighted by molar-refractivity contribution is 0.141. The van der Waals surface area contributed by atoms with Crippen LogP contribution in [0.25, 0.3) is 0 Å². The number of methoxy groups -OCH3 is 1. The Labute approximate surface area is 107 Å². The molecule has 1 aromatic heterocycles. The number of nitrogens with zero attached hydrogens (tertiary/aromatic N) is 2. The van der Waals surface area contributed by atoms with Gasteiger partial charge < -0.3 is 25.8 Å². The highest BCUT2D eigenvalue weighted by Gasteiger charge is 2.24. The Bertz CT molecular complexity index is 411. The number of hydrogen-bond donors (Lipinski definition) is 3. The molecule has 1 aromatic rings. The molecule has 2 heterocycles. The molecule has 18 heavy (non-hydrogen) atoms. The van der Waals surface area contributed by atoms with Gasteiger partial charge in [-0.2, -0.15) is 0 Å². The number of aliphatic hydroxyl groups is 1. The highest BCUT2D eigenvalue weighted by molar-refractivity contribution is 5.60. The summed E-state index contributed by atoms with van der Waals surface area (Å²) in [7, 11) is 1.62. The van der Waals surface area contributed by atoms with Gasteiger partial charge in [0, 0.05) is 25.7 Å². The van der Waals surface area contributed by atoms with E-state index in [2.05, 4.69) is 15.2 Å². The van der Waals surface area contributed by atoms with Crippen LogP contribution in [0.4, 0.5) is 11.5 Å². The smallest absolute Gasteiger partial charge is 0.147 e. The van der Waals surface area contributed by atoms with Crippen LogP contribution in [0.5, 0.6) is 5.75 Å². The van der Waals surface area contributed by atoms with Crippen molar-refractivity contribution in [2.45, 2.75) is 19.1 Å². The average molecular weight is 252 g/mol. The zero-order valence-corrected chi connectivity index (χ0v) is 10.8. The summed E-state index contributed by atoms with van der Waals surface area (Å²) in [5.74, 6) is 1.16. The van der Waals surface area contributed by atoms with Gasteiger partial charge in [0.05, 0.1) is 31.1 Å². The quantitative estimate of drug-likeness (QED) is 0.693. The summed E-state index contributed by atoms with van der Waals surface area (Å²) in [5.41, 5.74) is 6.56. The molecule has 1 aliphatic rings. The van der Waals surface area contributed by atoms with Gasteiger partial charge in [0.15, 0.2) is 0 Å². The van der Waals surface area contributed by atoms with E-state index in [1.807, 2.05) is 0 Å². The first-order valence-electron chi connectivity index (χ1n) is 6.07. The van der Waals surface area contributed by atoms with Crippen LogP contribution in [-0.4, -0.2) is 49.0 Å². The van der Waals surface area contributed by atoms with Crippen molar-refractivity contribution in [3.05, 3.63) is 12.3 Å². The van der Waals surface area contributed by atoms with E-state index in [1.165, 1.54) is 0 Å². The molecule has 6 heteroatoms. The van der Waals surface area contributed by atoms with Crippen LogP contribution in [0.15, 0.2) is 12.3 Å². The minimum atomic E-state index is -0.388. The predicted molar refractivity (Wildman–Crippen MR) is 70.9 cm³/mol. The second-order valence-electron chi connectivity index (χ2n) is 4.53. The van der Waals surface area contributed by atoms with Gasteiger partial charge in [-0.1, -0.05) is 0 Å². The average Bonchev–Trinajstić information content (AvgIpc) is 2.38. The molecule has 100 valence electrons. The van der Waals surface area contributed by atoms with E-state index < -0.39 is 0 Å². The second-order valence-corrected chi connectivity index (χ2v) is 4.53. The standard InChI is InChI=1S/C12H20N4O2/c1-8(17)9-7-16(4-3-14-9)10-6-15-12(13)5-11(10)18-2/h5-6,8-9,14,17H,3-4,7H2,1-2H3,(H2,13,15)/t8-,9+/m0/s1. The maximum atomic E-state index is 9.66. The van der Waals surface area contributed by atoms with Gasteiger partial charge >= 0.3 is 0 Å². The first-order valence-corrected chi connectivity index (χ1v) is 6.07. The zero-order chi connectivity index (χ0) is 13.1. The van der Waals surface area contributed by atoms with E-state index in [4.69, 9.17) is 10.5 Å². The van der Waals surface area contributed by atoms with E-state index in [9.17, 15) is 5.11 Å². The van der Waals surface area contributed by atoms with Crippen LogP contribution in [0.2, 0.25) is 0 Å². The number of rotatable bonds is 3. The summed E-state index contributed by atoms with van der Waals surface area (Å²) in [6.07, 6.45) is 1.33. The molecule has 0 unspecified atom stereocenters. The van der Waals surface area contributed by atoms with E-state index >= 15 is 0 Å². The summed E-state index contributed by atoms with van der Waals surface area (Å²) in [6, 6.07) is 1.77. The van der Waals surface area contributed by atoms with E-state index in [1.54, 1.807) is 26.3 Å². The third kappa shape index (κ3) is 2.65. The molecular weight excluding hydrogens is 232 g/mol. The highest BCUT2D eigenvalue weighted by Crippen LogP contribution is 2.29. The Kier molecular flexibility index (Phi) is 3.88. The first-order chi connectivity index (χ1) is 8.61. The van der Waals surface area contributed by atoms with Crippen molar-refractivity contribution in [2.24, 2.45) is 0 Å². The molecule has 1 saturated heterocycles. The number of nitrogen functional groups attached to an aromatic ring is 1. The van der Waals surface area contributed by atoms with Crippen molar-refractivity contribution in [1.29, 1.82) is 0 Å². The van der Waals surface area contributed by atoms with E-state index in [0.717, 1.165) is 25.3 Å². The lowest BCUT2D eigenvalue weighted by Gasteiger charge is -2.36. The van der Waals surface area contributed by atoms with Crippen molar-refractivity contribution in [3.8, 4) is 5.75 Å². The molecule has 2 rings (SSSR count). The van der Waals surface area contributed by atoms with E-state index in [-0.39, 0.29) is 12.1 Å². The van der Waals surface area contributed by atoms with Gasteiger partial charge in [0.2, 0.25) is 0 Å². The van der Waals surface area contributed by atoms with Crippen molar-refractivity contribution in [1.82, 2.24) is 10.3 Å². The van der Waals surface area contributed by atoms with Crippen molar-refractivity contribution in [2.75, 3.05) is 37.4 Å². The van der Waals surface area contributed by atoms with Crippen LogP contribution in [-0.2, 0) is 0 Å². The Morgan fingerprint density at radius 1 is 1.67 bits per heavy atom. The summed E-state index contributed by atoms with van der Waals surface area (Å²) >= 11 is 0. The van der Waals surface area contributed by atoms with Crippen LogP contribution in [0.1, 0.15) is 6.92 Å². The maximum absolute atomic E-state index is 9.66. The Morgan fingerprint density at radius 2 is 2.44 bits per heavy atom. The Morgan fingerprint density at radius 3 is 3.11 bits per heavy atom. The molecule has 0 bridgehead atoms. The van der Waals surface area contributed by atoms with Crippen LogP contribution in [0.3, 0.4) is 0 Å². The summed E-state index contributed by atoms with van der Waals surface area (Å²) < 4.78 is 5.33. The third-order valence-corrected chi connectivity index (χ3v) is 3.22. The number of nitrogens with one attached hydrogen (secondary N) is 1. The predicted octanol–water partition coefficient (Wildman–Crippen LogP) is -0.169. The molecule has 0 saturated carbocycles. The zero-order valence-electron chi connectivity index (χ0n) is 10.8. The molecule has 2 atom stereocenters. The SMILES string of the molecule is COc1cc(N)ncc1N1CCN[C@@H]([C@H](C)O)C1. The molecule has 0 amide bonds. The minimum Gasteiger partial charge on any atom is -0.494 e. The topological polar surface area (TPSA) is 83.6 Å². The molecule has 1 aliphatic heterocycles. The lowest BCUT2D eigenvalue weighted by atomic mass is 10.1. The van der Waals surface area contributed by atoms with Crippen molar-refractivity contribution in [3.63, 3.8) is 0 Å². The Hall–Kier alpha value is -1.53. The molecule has 0 aliphatic carbocycles. The summed E-state index contributed by atoms with van der Waals surface area (Å²) in [6.45, 7) is 4.19. The normalized spacial score (nSPS) is 21.7. The molecule has 1 fully saturated rings. The molecule has 0 spiro atoms. The number of ether oxygens (including phenoxy) is 1. The first kappa shape index (κ1) is 12.9. The fourth-order valence-corrected chi connectivity index (χ4v) is 2.17. The number of hydrogen-bond acceptors (Lipinski definition) is 6. The number of pyridine rings is 1. The summed E-state index contributed by atoms with van der Waals surface area (Å²) in [5, 5.41) is 12.9. The fraction of sp³-hybridized carbons (Fsp3) is 0.583. The van der Waals surface area contributed by atoms with Gasteiger partial charge in [0.25, 0.3) is 0 Å². The number of nitrogens with two attached hydrogens (primary N) is 1. The second kappa shape index (κ2) is 5.41. The lowest BCUT2D eigenvalue weighted by Crippen LogP contribution is -2.55. The van der Waals surface area contributed by atoms with Gasteiger partial charge in [0.1, 0.15) is 11.6 Å². The number of aliphatic hydroxyl groups excluding tert-OH is 1. The van der Waals surface area contributed by atoms with Gasteiger partial charge in [-0.3, -0.25) is 0 Å². The monoisotopic (exact) mass is 252 g/mol. The Balaban J connectivity index is 2.20. The van der Waals surface area contributed by atoms with Crippen LogP contribution >= 0.6 is 0 Å². The van der Waals surface area contributed by atoms with Gasteiger partial charge in [-0.05, 0) is 6.92 Å². The molecule has 4 N–H and O–H groups in total. The molecule has 6 nitrogen and oxygen atoms in total. The van der Waals surface area contributed by atoms with Crippen LogP contribution < -0.4 is 20.7 Å². The van der Waals surface area contributed by atoms with Gasteiger partial charge in [-0.25, -0.2) is 4.98 Å². The molecular formula is C12H20N4O2. The maximum Gasteiger partial charge on any atom is 0.147 e. The van der Waals surface area contributed by atoms with Crippen molar-refractivity contribution < 1.29 is 9.84 Å². The highest BCUT2D eigenvalue weighted by atomic mass is 16.5. The summed E-state index contributed by atoms with van der Waals surface area (Å²) in [4.78, 5) is 6.26. The third-order valence-electron chi connectivity index (χ3n) is 3.22. The fourth-order valence-electron chi connectivity index (χ4n) is 2.17. The van der Waals surface area contributed by atoms with E-state index in [0.29, 0.717) is 11.6 Å². The molecule has 0 radical (unpaired) electrons. The largest absolute Gasteiger partial charge is 0.494 e. The minimum absolute atomic E-state index is 0.0565. The van der Waals surface area contributed by atoms with Crippen molar-refractivity contribution >= 4 is 11.5 Å². The molecule has 0 aromatic carbocycles. The van der Waals surface area contributed by atoms with Crippen LogP contribution in [0, 0.1) is 0 Å². The number of anilines is 2. The number of piperazine rings is 1.